The van der Waals surface area contributed by atoms with Crippen molar-refractivity contribution in [3.63, 3.8) is 0 Å². The second-order valence-corrected chi connectivity index (χ2v) is 7.16. The first-order chi connectivity index (χ1) is 14.0. The molecule has 0 saturated carbocycles. The van der Waals surface area contributed by atoms with Crippen molar-refractivity contribution in [3.8, 4) is 28.7 Å². The van der Waals surface area contributed by atoms with Gasteiger partial charge in [0.05, 0.1) is 11.6 Å². The van der Waals surface area contributed by atoms with E-state index in [0.29, 0.717) is 23.0 Å². The van der Waals surface area contributed by atoms with E-state index in [4.69, 9.17) is 14.7 Å². The molecule has 0 aliphatic carbocycles. The lowest BCUT2D eigenvalue weighted by atomic mass is 10.0. The molecule has 0 unspecified atom stereocenters. The molecule has 0 bridgehead atoms. The maximum atomic E-state index is 12.2. The van der Waals surface area contributed by atoms with Crippen LogP contribution in [0.4, 0.5) is 0 Å². The van der Waals surface area contributed by atoms with Crippen LogP contribution in [0.2, 0.25) is 0 Å². The van der Waals surface area contributed by atoms with Crippen molar-refractivity contribution in [2.75, 3.05) is 6.61 Å². The number of nitrogens with zero attached hydrogens (tertiary/aromatic N) is 1. The standard InChI is InChI=1S/C25H23NO3/c1-17(2)22-7-4-18(3)24(14-22)28-16-25(27)29-23-12-10-21(11-13-23)20-8-5-19(15-26)6-9-20/h4-14,17H,16H2,1-3H3. The summed E-state index contributed by atoms with van der Waals surface area (Å²) in [6, 6.07) is 22.7. The van der Waals surface area contributed by atoms with Gasteiger partial charge in [-0.2, -0.15) is 5.26 Å². The first kappa shape index (κ1) is 20.2. The van der Waals surface area contributed by atoms with E-state index in [1.165, 1.54) is 0 Å². The molecule has 0 aliphatic heterocycles. The van der Waals surface area contributed by atoms with Gasteiger partial charge >= 0.3 is 5.97 Å². The number of benzene rings is 3. The summed E-state index contributed by atoms with van der Waals surface area (Å²) in [5, 5.41) is 8.88. The molecule has 3 rings (SSSR count). The van der Waals surface area contributed by atoms with E-state index in [0.717, 1.165) is 22.3 Å². The monoisotopic (exact) mass is 385 g/mol. The van der Waals surface area contributed by atoms with Gasteiger partial charge in [0.1, 0.15) is 11.5 Å². The number of nitriles is 1. The molecule has 0 N–H and O–H groups in total. The lowest BCUT2D eigenvalue weighted by Gasteiger charge is -2.12. The van der Waals surface area contributed by atoms with E-state index in [2.05, 4.69) is 26.0 Å². The molecule has 0 fully saturated rings. The molecule has 0 radical (unpaired) electrons. The second kappa shape index (κ2) is 9.07. The highest BCUT2D eigenvalue weighted by atomic mass is 16.6. The van der Waals surface area contributed by atoms with Crippen molar-refractivity contribution in [3.05, 3.63) is 83.4 Å². The van der Waals surface area contributed by atoms with E-state index in [-0.39, 0.29) is 6.61 Å². The van der Waals surface area contributed by atoms with Crippen LogP contribution in [0.1, 0.15) is 36.5 Å². The van der Waals surface area contributed by atoms with E-state index in [1.54, 1.807) is 24.3 Å². The van der Waals surface area contributed by atoms with Crippen LogP contribution in [0.3, 0.4) is 0 Å². The number of hydrogen-bond acceptors (Lipinski definition) is 4. The Labute approximate surface area is 171 Å². The molecule has 0 heterocycles. The Kier molecular flexibility index (Phi) is 6.31. The van der Waals surface area contributed by atoms with E-state index >= 15 is 0 Å². The average molecular weight is 385 g/mol. The predicted molar refractivity (Wildman–Crippen MR) is 113 cm³/mol. The van der Waals surface area contributed by atoms with Crippen molar-refractivity contribution in [1.82, 2.24) is 0 Å². The molecule has 29 heavy (non-hydrogen) atoms. The maximum absolute atomic E-state index is 12.2. The van der Waals surface area contributed by atoms with Gasteiger partial charge in [0.25, 0.3) is 0 Å². The Morgan fingerprint density at radius 3 is 2.17 bits per heavy atom. The lowest BCUT2D eigenvalue weighted by molar-refractivity contribution is -0.136. The average Bonchev–Trinajstić information content (AvgIpc) is 2.73. The van der Waals surface area contributed by atoms with Crippen molar-refractivity contribution < 1.29 is 14.3 Å². The van der Waals surface area contributed by atoms with Crippen LogP contribution in [-0.2, 0) is 4.79 Å². The smallest absolute Gasteiger partial charge is 0.349 e. The molecule has 0 spiro atoms. The fourth-order valence-electron chi connectivity index (χ4n) is 2.88. The number of aryl methyl sites for hydroxylation is 1. The highest BCUT2D eigenvalue weighted by molar-refractivity contribution is 5.74. The van der Waals surface area contributed by atoms with Crippen LogP contribution in [0.5, 0.6) is 11.5 Å². The topological polar surface area (TPSA) is 59.3 Å². The summed E-state index contributed by atoms with van der Waals surface area (Å²) in [4.78, 5) is 12.2. The van der Waals surface area contributed by atoms with Crippen molar-refractivity contribution >= 4 is 5.97 Å². The number of carbonyl (C=O) groups is 1. The summed E-state index contributed by atoms with van der Waals surface area (Å²) in [6.45, 7) is 6.03. The summed E-state index contributed by atoms with van der Waals surface area (Å²) < 4.78 is 11.0. The van der Waals surface area contributed by atoms with Gasteiger partial charge in [-0.05, 0) is 65.4 Å². The van der Waals surface area contributed by atoms with Crippen LogP contribution in [0.25, 0.3) is 11.1 Å². The highest BCUT2D eigenvalue weighted by Gasteiger charge is 2.10. The lowest BCUT2D eigenvalue weighted by Crippen LogP contribution is -2.18. The number of hydrogen-bond donors (Lipinski definition) is 0. The third-order valence-corrected chi connectivity index (χ3v) is 4.66. The van der Waals surface area contributed by atoms with E-state index in [1.807, 2.05) is 43.3 Å². The van der Waals surface area contributed by atoms with Crippen LogP contribution in [-0.4, -0.2) is 12.6 Å². The molecular weight excluding hydrogens is 362 g/mol. The summed E-state index contributed by atoms with van der Waals surface area (Å²) in [7, 11) is 0. The minimum absolute atomic E-state index is 0.153. The zero-order valence-electron chi connectivity index (χ0n) is 16.8. The summed E-state index contributed by atoms with van der Waals surface area (Å²) in [6.07, 6.45) is 0. The largest absolute Gasteiger partial charge is 0.482 e. The third kappa shape index (κ3) is 5.24. The maximum Gasteiger partial charge on any atom is 0.349 e. The minimum atomic E-state index is -0.453. The molecule has 0 atom stereocenters. The normalized spacial score (nSPS) is 10.4. The van der Waals surface area contributed by atoms with Gasteiger partial charge in [-0.3, -0.25) is 0 Å². The van der Waals surface area contributed by atoms with E-state index in [9.17, 15) is 4.79 Å². The van der Waals surface area contributed by atoms with Crippen molar-refractivity contribution in [2.24, 2.45) is 0 Å². The number of carbonyl (C=O) groups excluding carboxylic acids is 1. The highest BCUT2D eigenvalue weighted by Crippen LogP contribution is 2.25. The van der Waals surface area contributed by atoms with Gasteiger partial charge < -0.3 is 9.47 Å². The van der Waals surface area contributed by atoms with Crippen LogP contribution in [0, 0.1) is 18.3 Å². The zero-order valence-corrected chi connectivity index (χ0v) is 16.8. The third-order valence-electron chi connectivity index (χ3n) is 4.66. The van der Waals surface area contributed by atoms with Crippen LogP contribution < -0.4 is 9.47 Å². The van der Waals surface area contributed by atoms with Gasteiger partial charge in [0.2, 0.25) is 0 Å². The molecule has 0 saturated heterocycles. The molecule has 3 aromatic rings. The van der Waals surface area contributed by atoms with Gasteiger partial charge in [0, 0.05) is 0 Å². The number of rotatable bonds is 6. The van der Waals surface area contributed by atoms with E-state index < -0.39 is 5.97 Å². The van der Waals surface area contributed by atoms with Crippen LogP contribution in [0.15, 0.2) is 66.7 Å². The molecule has 4 nitrogen and oxygen atoms in total. The minimum Gasteiger partial charge on any atom is -0.482 e. The Morgan fingerprint density at radius 1 is 0.966 bits per heavy atom. The summed E-state index contributed by atoms with van der Waals surface area (Å²) >= 11 is 0. The van der Waals surface area contributed by atoms with Crippen molar-refractivity contribution in [2.45, 2.75) is 26.7 Å². The Balaban J connectivity index is 1.59. The van der Waals surface area contributed by atoms with Gasteiger partial charge in [0.15, 0.2) is 6.61 Å². The van der Waals surface area contributed by atoms with Crippen molar-refractivity contribution in [1.29, 1.82) is 5.26 Å². The van der Waals surface area contributed by atoms with Crippen LogP contribution >= 0.6 is 0 Å². The molecule has 0 aromatic heterocycles. The Morgan fingerprint density at radius 2 is 1.59 bits per heavy atom. The van der Waals surface area contributed by atoms with Gasteiger partial charge in [-0.25, -0.2) is 4.79 Å². The van der Waals surface area contributed by atoms with Gasteiger partial charge in [-0.15, -0.1) is 0 Å². The molecular formula is C25H23NO3. The molecule has 3 aromatic carbocycles. The first-order valence-electron chi connectivity index (χ1n) is 9.51. The Hall–Kier alpha value is -3.58. The number of esters is 1. The Bertz CT molecular complexity index is 1030. The first-order valence-corrected chi connectivity index (χ1v) is 9.51. The zero-order chi connectivity index (χ0) is 20.8. The molecule has 0 aliphatic rings. The fraction of sp³-hybridized carbons (Fsp3) is 0.200. The fourth-order valence-corrected chi connectivity index (χ4v) is 2.88. The molecule has 146 valence electrons. The number of ether oxygens (including phenoxy) is 2. The molecule has 4 heteroatoms. The van der Waals surface area contributed by atoms with Gasteiger partial charge in [-0.1, -0.05) is 50.2 Å². The summed E-state index contributed by atoms with van der Waals surface area (Å²) in [5.74, 6) is 1.10. The second-order valence-electron chi connectivity index (χ2n) is 7.16. The SMILES string of the molecule is Cc1ccc(C(C)C)cc1OCC(=O)Oc1ccc(-c2ccc(C#N)cc2)cc1. The predicted octanol–water partition coefficient (Wildman–Crippen LogP) is 5.64. The summed E-state index contributed by atoms with van der Waals surface area (Å²) in [5.41, 5.74) is 4.73. The quantitative estimate of drug-likeness (QED) is 0.407. The molecule has 0 amide bonds.